The first-order valence-corrected chi connectivity index (χ1v) is 9.61. The number of nitrogen functional groups attached to an aromatic ring is 1. The number of anilines is 2. The van der Waals surface area contributed by atoms with Crippen molar-refractivity contribution >= 4 is 23.3 Å². The summed E-state index contributed by atoms with van der Waals surface area (Å²) in [6, 6.07) is 12.2. The molecule has 28 heavy (non-hydrogen) atoms. The quantitative estimate of drug-likeness (QED) is 0.580. The Kier molecular flexibility index (Phi) is 6.53. The van der Waals surface area contributed by atoms with Crippen LogP contribution >= 0.6 is 0 Å². The summed E-state index contributed by atoms with van der Waals surface area (Å²) in [5, 5.41) is 2.75. The van der Waals surface area contributed by atoms with Crippen molar-refractivity contribution in [3.8, 4) is 5.75 Å². The van der Waals surface area contributed by atoms with Gasteiger partial charge in [0.05, 0.1) is 11.3 Å². The maximum atomic E-state index is 12.4. The Morgan fingerprint density at radius 2 is 1.79 bits per heavy atom. The molecule has 6 nitrogen and oxygen atoms in total. The van der Waals surface area contributed by atoms with Crippen molar-refractivity contribution in [2.75, 3.05) is 17.7 Å². The topological polar surface area (TPSA) is 90.6 Å². The van der Waals surface area contributed by atoms with Crippen molar-refractivity contribution in [1.82, 2.24) is 0 Å². The van der Waals surface area contributed by atoms with Gasteiger partial charge in [0.2, 0.25) is 0 Å². The van der Waals surface area contributed by atoms with Gasteiger partial charge in [-0.2, -0.15) is 0 Å². The van der Waals surface area contributed by atoms with Gasteiger partial charge in [0.1, 0.15) is 11.9 Å². The predicted octanol–water partition coefficient (Wildman–Crippen LogP) is 4.08. The third-order valence-electron chi connectivity index (χ3n) is 4.77. The summed E-state index contributed by atoms with van der Waals surface area (Å²) in [6.07, 6.45) is 5.16. The summed E-state index contributed by atoms with van der Waals surface area (Å²) in [4.78, 5) is 24.5. The second-order valence-electron chi connectivity index (χ2n) is 7.12. The van der Waals surface area contributed by atoms with Crippen LogP contribution in [0, 0.1) is 6.92 Å². The number of carbonyl (C=O) groups excluding carboxylic acids is 2. The van der Waals surface area contributed by atoms with Crippen LogP contribution in [-0.4, -0.2) is 24.6 Å². The molecule has 3 N–H and O–H groups in total. The zero-order valence-corrected chi connectivity index (χ0v) is 16.1. The summed E-state index contributed by atoms with van der Waals surface area (Å²) in [6.45, 7) is 1.77. The van der Waals surface area contributed by atoms with E-state index in [-0.39, 0.29) is 30.3 Å². The van der Waals surface area contributed by atoms with Gasteiger partial charge in [-0.25, -0.2) is 4.79 Å². The maximum Gasteiger partial charge on any atom is 0.338 e. The molecule has 3 rings (SSSR count). The van der Waals surface area contributed by atoms with E-state index < -0.39 is 0 Å². The molecule has 0 spiro atoms. The van der Waals surface area contributed by atoms with Crippen molar-refractivity contribution in [3.05, 3.63) is 53.6 Å². The minimum atomic E-state index is -0.388. The van der Waals surface area contributed by atoms with E-state index in [1.165, 1.54) is 12.5 Å². The van der Waals surface area contributed by atoms with E-state index in [0.717, 1.165) is 31.2 Å². The molecule has 0 aliphatic heterocycles. The van der Waals surface area contributed by atoms with Crippen molar-refractivity contribution < 1.29 is 19.1 Å². The van der Waals surface area contributed by atoms with Gasteiger partial charge >= 0.3 is 5.97 Å². The molecule has 6 heteroatoms. The molecular weight excluding hydrogens is 356 g/mol. The molecule has 2 aromatic carbocycles. The monoisotopic (exact) mass is 382 g/mol. The molecule has 0 aromatic heterocycles. The third kappa shape index (κ3) is 5.49. The Hall–Kier alpha value is -3.02. The molecule has 1 amide bonds. The minimum absolute atomic E-state index is 0.0246. The van der Waals surface area contributed by atoms with Crippen molar-refractivity contribution in [2.24, 2.45) is 0 Å². The Bertz CT molecular complexity index is 827. The summed E-state index contributed by atoms with van der Waals surface area (Å²) in [7, 11) is 0. The minimum Gasteiger partial charge on any atom is -0.482 e. The van der Waals surface area contributed by atoms with Crippen molar-refractivity contribution in [1.29, 1.82) is 0 Å². The van der Waals surface area contributed by atoms with Crippen LogP contribution in [0.5, 0.6) is 5.75 Å². The van der Waals surface area contributed by atoms with E-state index in [4.69, 9.17) is 15.2 Å². The van der Waals surface area contributed by atoms with Gasteiger partial charge in [-0.1, -0.05) is 24.1 Å². The molecule has 2 aromatic rings. The molecule has 0 atom stereocenters. The molecule has 0 saturated heterocycles. The van der Waals surface area contributed by atoms with Crippen LogP contribution in [-0.2, 0) is 9.53 Å². The Balaban J connectivity index is 1.57. The number of aryl methyl sites for hydroxylation is 1. The van der Waals surface area contributed by atoms with E-state index in [0.29, 0.717) is 16.9 Å². The Morgan fingerprint density at radius 1 is 1.07 bits per heavy atom. The van der Waals surface area contributed by atoms with Gasteiger partial charge in [-0.15, -0.1) is 0 Å². The molecule has 0 bridgehead atoms. The lowest BCUT2D eigenvalue weighted by atomic mass is 9.98. The second-order valence-corrected chi connectivity index (χ2v) is 7.12. The SMILES string of the molecule is Cc1ccc(NC(=O)COc2cc(C(=O)OC3CCCCC3)ccc2N)cc1. The molecule has 1 saturated carbocycles. The lowest BCUT2D eigenvalue weighted by Crippen LogP contribution is -2.22. The third-order valence-corrected chi connectivity index (χ3v) is 4.77. The van der Waals surface area contributed by atoms with Crippen LogP contribution < -0.4 is 15.8 Å². The van der Waals surface area contributed by atoms with Crippen molar-refractivity contribution in [2.45, 2.75) is 45.1 Å². The van der Waals surface area contributed by atoms with Crippen LogP contribution in [0.25, 0.3) is 0 Å². The first-order chi connectivity index (χ1) is 13.5. The van der Waals surface area contributed by atoms with Gasteiger partial charge < -0.3 is 20.5 Å². The highest BCUT2D eigenvalue weighted by atomic mass is 16.5. The molecule has 0 heterocycles. The van der Waals surface area contributed by atoms with Gasteiger partial charge in [-0.3, -0.25) is 4.79 Å². The first kappa shape index (κ1) is 19.7. The number of ether oxygens (including phenoxy) is 2. The Labute approximate surface area is 165 Å². The predicted molar refractivity (Wildman–Crippen MR) is 108 cm³/mol. The van der Waals surface area contributed by atoms with Crippen LogP contribution in [0.2, 0.25) is 0 Å². The highest BCUT2D eigenvalue weighted by Gasteiger charge is 2.19. The smallest absolute Gasteiger partial charge is 0.338 e. The van der Waals surface area contributed by atoms with Crippen molar-refractivity contribution in [3.63, 3.8) is 0 Å². The number of esters is 1. The molecule has 1 aliphatic carbocycles. The van der Waals surface area contributed by atoms with Gasteiger partial charge in [-0.05, 0) is 62.9 Å². The zero-order valence-electron chi connectivity index (χ0n) is 16.1. The highest BCUT2D eigenvalue weighted by molar-refractivity contribution is 5.92. The number of carbonyl (C=O) groups is 2. The lowest BCUT2D eigenvalue weighted by molar-refractivity contribution is -0.118. The molecular formula is C22H26N2O4. The molecule has 1 aliphatic rings. The standard InChI is InChI=1S/C22H26N2O4/c1-15-7-10-17(11-8-15)24-21(25)14-27-20-13-16(9-12-19(20)23)22(26)28-18-5-3-2-4-6-18/h7-13,18H,2-6,14,23H2,1H3,(H,24,25). The molecule has 148 valence electrons. The number of amides is 1. The fourth-order valence-corrected chi connectivity index (χ4v) is 3.17. The first-order valence-electron chi connectivity index (χ1n) is 9.61. The maximum absolute atomic E-state index is 12.4. The fraction of sp³-hybridized carbons (Fsp3) is 0.364. The largest absolute Gasteiger partial charge is 0.482 e. The number of benzene rings is 2. The number of nitrogens with two attached hydrogens (primary N) is 1. The van der Waals surface area contributed by atoms with E-state index >= 15 is 0 Å². The number of nitrogens with one attached hydrogen (secondary N) is 1. The Morgan fingerprint density at radius 3 is 2.50 bits per heavy atom. The van der Waals surface area contributed by atoms with Gasteiger partial charge in [0.15, 0.2) is 6.61 Å². The lowest BCUT2D eigenvalue weighted by Gasteiger charge is -2.22. The molecule has 0 radical (unpaired) electrons. The van der Waals surface area contributed by atoms with Crippen LogP contribution in [0.1, 0.15) is 48.0 Å². The molecule has 1 fully saturated rings. The van der Waals surface area contributed by atoms with Gasteiger partial charge in [0.25, 0.3) is 5.91 Å². The van der Waals surface area contributed by atoms with E-state index in [2.05, 4.69) is 5.32 Å². The van der Waals surface area contributed by atoms with Crippen LogP contribution in [0.3, 0.4) is 0 Å². The number of rotatable bonds is 6. The second kappa shape index (κ2) is 9.26. The van der Waals surface area contributed by atoms with E-state index in [9.17, 15) is 9.59 Å². The average molecular weight is 382 g/mol. The summed E-state index contributed by atoms with van der Waals surface area (Å²) in [5.74, 6) is -0.406. The van der Waals surface area contributed by atoms with Crippen LogP contribution in [0.4, 0.5) is 11.4 Å². The van der Waals surface area contributed by atoms with E-state index in [1.54, 1.807) is 12.1 Å². The summed E-state index contributed by atoms with van der Waals surface area (Å²) in [5.41, 5.74) is 8.45. The summed E-state index contributed by atoms with van der Waals surface area (Å²) >= 11 is 0. The van der Waals surface area contributed by atoms with Gasteiger partial charge in [0, 0.05) is 5.69 Å². The summed E-state index contributed by atoms with van der Waals surface area (Å²) < 4.78 is 11.1. The van der Waals surface area contributed by atoms with E-state index in [1.807, 2.05) is 31.2 Å². The zero-order chi connectivity index (χ0) is 19.9. The normalized spacial score (nSPS) is 14.3. The number of hydrogen-bond acceptors (Lipinski definition) is 5. The fourth-order valence-electron chi connectivity index (χ4n) is 3.17. The number of hydrogen-bond donors (Lipinski definition) is 2. The van der Waals surface area contributed by atoms with Crippen LogP contribution in [0.15, 0.2) is 42.5 Å². The highest BCUT2D eigenvalue weighted by Crippen LogP contribution is 2.25. The molecule has 0 unspecified atom stereocenters. The average Bonchev–Trinajstić information content (AvgIpc) is 2.70.